The van der Waals surface area contributed by atoms with Gasteiger partial charge in [0, 0.05) is 11.1 Å². The molecule has 0 aliphatic rings. The number of nitriles is 1. The van der Waals surface area contributed by atoms with E-state index in [1.807, 2.05) is 38.1 Å². The van der Waals surface area contributed by atoms with Crippen molar-refractivity contribution in [2.75, 3.05) is 7.11 Å². The van der Waals surface area contributed by atoms with Crippen molar-refractivity contribution in [2.24, 2.45) is 0 Å². The molecule has 0 saturated carbocycles. The summed E-state index contributed by atoms with van der Waals surface area (Å²) in [7, 11) is 1.62. The zero-order chi connectivity index (χ0) is 31.2. The highest BCUT2D eigenvalue weighted by Crippen LogP contribution is 2.34. The van der Waals surface area contributed by atoms with Gasteiger partial charge in [0.15, 0.2) is 5.78 Å². The molecule has 0 fully saturated rings. The van der Waals surface area contributed by atoms with Gasteiger partial charge >= 0.3 is 0 Å². The van der Waals surface area contributed by atoms with Crippen molar-refractivity contribution in [3.05, 3.63) is 94.6 Å². The summed E-state index contributed by atoms with van der Waals surface area (Å²) in [6.45, 7) is 17.9. The van der Waals surface area contributed by atoms with Crippen LogP contribution in [-0.2, 0) is 6.42 Å². The topological polar surface area (TPSA) is 59.3 Å². The second-order valence-electron chi connectivity index (χ2n) is 10.3. The summed E-state index contributed by atoms with van der Waals surface area (Å²) in [4.78, 5) is 11.8. The number of carbonyl (C=O) groups excluding carboxylic acids is 1. The molecule has 0 amide bonds. The number of Topliss-reactive ketones (excluding diaryl/α,β-unsaturated/α-hetero) is 1. The maximum Gasteiger partial charge on any atom is 0.159 e. The molecule has 0 heterocycles. The molecule has 1 unspecified atom stereocenters. The van der Waals surface area contributed by atoms with Crippen molar-refractivity contribution >= 4 is 17.4 Å². The highest BCUT2D eigenvalue weighted by atomic mass is 16.5. The molecule has 0 bridgehead atoms. The van der Waals surface area contributed by atoms with Gasteiger partial charge in [-0.3, -0.25) is 4.79 Å². The van der Waals surface area contributed by atoms with E-state index in [9.17, 15) is 10.1 Å². The first-order valence-corrected chi connectivity index (χ1v) is 15.1. The van der Waals surface area contributed by atoms with Crippen LogP contribution in [-0.4, -0.2) is 19.0 Å². The maximum absolute atomic E-state index is 11.8. The minimum absolute atomic E-state index is 0.00797. The lowest BCUT2D eigenvalue weighted by molar-refractivity contribution is 0.101. The smallest absolute Gasteiger partial charge is 0.159 e. The number of methoxy groups -OCH3 is 1. The van der Waals surface area contributed by atoms with Crippen LogP contribution in [0.25, 0.3) is 22.8 Å². The standard InChI is InChI=1S/C36H41NO3.C2H6/c1-8-31(14-10-12-24(3)4)40-35-19-17-29(21-30(35)23-37)34-15-11-13-28(32(34)9-2)20-25(5)33-18-16-27(26(6)38)22-36(33)39-7;1-2/h11,13,15-22,31H,3,8-10,12,14H2,1-2,4-7H3;1-2H3/b25-20+;. The number of nitrogens with zero attached hydrogens (tertiary/aromatic N) is 1. The Balaban J connectivity index is 0.00000301. The molecule has 0 aromatic heterocycles. The van der Waals surface area contributed by atoms with Crippen LogP contribution < -0.4 is 9.47 Å². The van der Waals surface area contributed by atoms with Crippen molar-refractivity contribution in [1.82, 2.24) is 0 Å². The summed E-state index contributed by atoms with van der Waals surface area (Å²) < 4.78 is 11.9. The molecule has 3 aromatic rings. The van der Waals surface area contributed by atoms with E-state index in [0.29, 0.717) is 22.6 Å². The normalized spacial score (nSPS) is 11.5. The maximum atomic E-state index is 11.8. The third-order valence-electron chi connectivity index (χ3n) is 7.26. The highest BCUT2D eigenvalue weighted by Gasteiger charge is 2.15. The zero-order valence-electron chi connectivity index (χ0n) is 26.8. The Bertz CT molecular complexity index is 1440. The number of hydrogen-bond donors (Lipinski definition) is 0. The van der Waals surface area contributed by atoms with Gasteiger partial charge in [-0.2, -0.15) is 5.26 Å². The van der Waals surface area contributed by atoms with Gasteiger partial charge in [-0.15, -0.1) is 6.58 Å². The summed E-state index contributed by atoms with van der Waals surface area (Å²) in [6, 6.07) is 20.1. The van der Waals surface area contributed by atoms with Crippen LogP contribution in [0.3, 0.4) is 0 Å². The molecule has 222 valence electrons. The van der Waals surface area contributed by atoms with Gasteiger partial charge in [-0.1, -0.05) is 75.7 Å². The third kappa shape index (κ3) is 8.95. The summed E-state index contributed by atoms with van der Waals surface area (Å²) >= 11 is 0. The second-order valence-corrected chi connectivity index (χ2v) is 10.3. The van der Waals surface area contributed by atoms with Gasteiger partial charge in [0.25, 0.3) is 0 Å². The number of benzene rings is 3. The predicted octanol–water partition coefficient (Wildman–Crippen LogP) is 10.5. The van der Waals surface area contributed by atoms with Gasteiger partial charge in [-0.05, 0) is 98.9 Å². The number of allylic oxidation sites excluding steroid dienone is 2. The Morgan fingerprint density at radius 2 is 1.76 bits per heavy atom. The Morgan fingerprint density at radius 1 is 1.02 bits per heavy atom. The first-order chi connectivity index (χ1) is 20.2. The van der Waals surface area contributed by atoms with Crippen LogP contribution in [0.4, 0.5) is 0 Å². The third-order valence-corrected chi connectivity index (χ3v) is 7.26. The van der Waals surface area contributed by atoms with Crippen LogP contribution in [0.2, 0.25) is 0 Å². The van der Waals surface area contributed by atoms with Crippen LogP contribution >= 0.6 is 0 Å². The zero-order valence-corrected chi connectivity index (χ0v) is 26.8. The number of carbonyl (C=O) groups is 1. The van der Waals surface area contributed by atoms with E-state index in [-0.39, 0.29) is 11.9 Å². The van der Waals surface area contributed by atoms with Crippen molar-refractivity contribution in [3.8, 4) is 28.7 Å². The molecular formula is C38H47NO3. The van der Waals surface area contributed by atoms with Gasteiger partial charge < -0.3 is 9.47 Å². The molecule has 0 spiro atoms. The lowest BCUT2D eigenvalue weighted by Gasteiger charge is -2.19. The molecule has 42 heavy (non-hydrogen) atoms. The van der Waals surface area contributed by atoms with Gasteiger partial charge in [-0.25, -0.2) is 0 Å². The number of ketones is 1. The molecule has 3 rings (SSSR count). The van der Waals surface area contributed by atoms with Gasteiger partial charge in [0.05, 0.1) is 18.8 Å². The van der Waals surface area contributed by atoms with Gasteiger partial charge in [0.1, 0.15) is 17.6 Å². The first kappa shape index (κ1) is 34.1. The minimum atomic E-state index is 0.00797. The summed E-state index contributed by atoms with van der Waals surface area (Å²) in [5.41, 5.74) is 8.74. The Hall–Kier alpha value is -4.10. The number of rotatable bonds is 13. The first-order valence-electron chi connectivity index (χ1n) is 15.1. The van der Waals surface area contributed by atoms with Crippen molar-refractivity contribution in [3.63, 3.8) is 0 Å². The Morgan fingerprint density at radius 3 is 2.36 bits per heavy atom. The average Bonchev–Trinajstić information content (AvgIpc) is 3.00. The molecule has 0 saturated heterocycles. The number of hydrogen-bond acceptors (Lipinski definition) is 4. The van der Waals surface area contributed by atoms with E-state index >= 15 is 0 Å². The van der Waals surface area contributed by atoms with Crippen LogP contribution in [0.1, 0.15) is 107 Å². The van der Waals surface area contributed by atoms with E-state index < -0.39 is 0 Å². The highest BCUT2D eigenvalue weighted by molar-refractivity contribution is 5.95. The average molecular weight is 566 g/mol. The molecule has 3 aromatic carbocycles. The van der Waals surface area contributed by atoms with E-state index in [4.69, 9.17) is 9.47 Å². The molecule has 0 N–H and O–H groups in total. The van der Waals surface area contributed by atoms with Crippen molar-refractivity contribution < 1.29 is 14.3 Å². The van der Waals surface area contributed by atoms with Crippen LogP contribution in [0, 0.1) is 11.3 Å². The number of ether oxygens (including phenoxy) is 2. The summed E-state index contributed by atoms with van der Waals surface area (Å²) in [6.07, 6.45) is 6.90. The predicted molar refractivity (Wildman–Crippen MR) is 177 cm³/mol. The molecule has 1 atom stereocenters. The fourth-order valence-corrected chi connectivity index (χ4v) is 5.00. The molecule has 4 heteroatoms. The Kier molecular flexibility index (Phi) is 13.8. The summed E-state index contributed by atoms with van der Waals surface area (Å²) in [5.74, 6) is 1.32. The van der Waals surface area contributed by atoms with E-state index in [2.05, 4.69) is 70.7 Å². The molecule has 0 radical (unpaired) electrons. The van der Waals surface area contributed by atoms with Crippen molar-refractivity contribution in [2.45, 2.75) is 86.7 Å². The second kappa shape index (κ2) is 17.0. The monoisotopic (exact) mass is 565 g/mol. The van der Waals surface area contributed by atoms with Crippen LogP contribution in [0.15, 0.2) is 66.7 Å². The largest absolute Gasteiger partial charge is 0.496 e. The van der Waals surface area contributed by atoms with Crippen molar-refractivity contribution in [1.29, 1.82) is 5.26 Å². The van der Waals surface area contributed by atoms with E-state index in [0.717, 1.165) is 59.9 Å². The quantitative estimate of drug-likeness (QED) is 0.117. The lowest BCUT2D eigenvalue weighted by Crippen LogP contribution is -2.16. The molecule has 0 aliphatic carbocycles. The minimum Gasteiger partial charge on any atom is -0.496 e. The molecule has 0 aliphatic heterocycles. The summed E-state index contributed by atoms with van der Waals surface area (Å²) in [5, 5.41) is 9.97. The van der Waals surface area contributed by atoms with E-state index in [1.54, 1.807) is 20.1 Å². The molecular weight excluding hydrogens is 518 g/mol. The lowest BCUT2D eigenvalue weighted by atomic mass is 9.91. The van der Waals surface area contributed by atoms with Crippen LogP contribution in [0.5, 0.6) is 11.5 Å². The fourth-order valence-electron chi connectivity index (χ4n) is 5.00. The fraction of sp³-hybridized carbons (Fsp3) is 0.368. The molecule has 4 nitrogen and oxygen atoms in total. The SMILES string of the molecule is C=C(C)CCCC(CC)Oc1ccc(-c2cccc(/C=C(\C)c3ccc(C(C)=O)cc3OC)c2CC)cc1C#N.CC. The Labute approximate surface area is 253 Å². The van der Waals surface area contributed by atoms with E-state index in [1.165, 1.54) is 11.1 Å². The van der Waals surface area contributed by atoms with Gasteiger partial charge in [0.2, 0.25) is 0 Å².